The molecule has 1 aliphatic heterocycles. The van der Waals surface area contributed by atoms with Crippen molar-refractivity contribution >= 4 is 17.0 Å². The number of benzene rings is 1. The minimum atomic E-state index is 0.0372. The number of nitrogens with zero attached hydrogens (tertiary/aromatic N) is 7. The molecular formula is C23H27N7O2. The lowest BCUT2D eigenvalue weighted by Crippen LogP contribution is -2.37. The molecule has 166 valence electrons. The number of aromatic nitrogens is 6. The fourth-order valence-electron chi connectivity index (χ4n) is 4.14. The van der Waals surface area contributed by atoms with Crippen molar-refractivity contribution in [1.82, 2.24) is 29.3 Å². The highest BCUT2D eigenvalue weighted by Gasteiger charge is 2.23. The van der Waals surface area contributed by atoms with Gasteiger partial charge in [0.05, 0.1) is 25.5 Å². The van der Waals surface area contributed by atoms with Gasteiger partial charge in [-0.25, -0.2) is 9.67 Å². The molecule has 5 rings (SSSR count). The van der Waals surface area contributed by atoms with Crippen LogP contribution in [0, 0.1) is 6.92 Å². The maximum atomic E-state index is 9.52. The summed E-state index contributed by atoms with van der Waals surface area (Å²) < 4.78 is 9.31. The molecule has 3 aromatic heterocycles. The highest BCUT2D eigenvalue weighted by molar-refractivity contribution is 5.85. The van der Waals surface area contributed by atoms with Crippen molar-refractivity contribution in [3.05, 3.63) is 47.9 Å². The van der Waals surface area contributed by atoms with Crippen LogP contribution in [-0.4, -0.2) is 67.3 Å². The average molecular weight is 434 g/mol. The van der Waals surface area contributed by atoms with Crippen LogP contribution in [0.3, 0.4) is 0 Å². The second-order valence-electron chi connectivity index (χ2n) is 7.88. The minimum Gasteiger partial charge on any atom is -0.396 e. The minimum absolute atomic E-state index is 0.0372. The molecule has 0 radical (unpaired) electrons. The molecule has 1 N–H and O–H groups in total. The number of hydrogen-bond donors (Lipinski definition) is 1. The van der Waals surface area contributed by atoms with Crippen LogP contribution in [0.1, 0.15) is 18.3 Å². The molecule has 9 heteroatoms. The van der Waals surface area contributed by atoms with Gasteiger partial charge in [-0.1, -0.05) is 23.8 Å². The van der Waals surface area contributed by atoms with Gasteiger partial charge >= 0.3 is 0 Å². The van der Waals surface area contributed by atoms with Crippen molar-refractivity contribution < 1.29 is 9.84 Å². The van der Waals surface area contributed by atoms with Gasteiger partial charge in [0, 0.05) is 37.8 Å². The summed E-state index contributed by atoms with van der Waals surface area (Å²) in [5, 5.41) is 14.3. The summed E-state index contributed by atoms with van der Waals surface area (Å²) in [5.74, 6) is 2.10. The normalized spacial score (nSPS) is 14.4. The predicted molar refractivity (Wildman–Crippen MR) is 122 cm³/mol. The van der Waals surface area contributed by atoms with Crippen LogP contribution in [0.5, 0.6) is 0 Å². The fraction of sp³-hybridized carbons (Fsp3) is 0.391. The lowest BCUT2D eigenvalue weighted by atomic mass is 10.1. The first-order valence-corrected chi connectivity index (χ1v) is 11.0. The third-order valence-corrected chi connectivity index (χ3v) is 5.71. The van der Waals surface area contributed by atoms with E-state index in [1.54, 1.807) is 4.68 Å². The van der Waals surface area contributed by atoms with Crippen molar-refractivity contribution in [1.29, 1.82) is 0 Å². The lowest BCUT2D eigenvalue weighted by molar-refractivity contribution is 0.122. The number of fused-ring (bicyclic) bond motifs is 1. The van der Waals surface area contributed by atoms with Crippen LogP contribution in [0.15, 0.2) is 36.5 Å². The molecule has 1 fully saturated rings. The third-order valence-electron chi connectivity index (χ3n) is 5.71. The number of anilines is 1. The number of hydrogen-bond acceptors (Lipinski definition) is 7. The van der Waals surface area contributed by atoms with Crippen LogP contribution < -0.4 is 4.90 Å². The average Bonchev–Trinajstić information content (AvgIpc) is 3.44. The van der Waals surface area contributed by atoms with Gasteiger partial charge in [0.25, 0.3) is 5.95 Å². The van der Waals surface area contributed by atoms with E-state index in [4.69, 9.17) is 24.8 Å². The predicted octanol–water partition coefficient (Wildman–Crippen LogP) is 2.38. The van der Waals surface area contributed by atoms with Gasteiger partial charge in [0.15, 0.2) is 17.0 Å². The largest absolute Gasteiger partial charge is 0.396 e. The quantitative estimate of drug-likeness (QED) is 0.499. The summed E-state index contributed by atoms with van der Waals surface area (Å²) in [4.78, 5) is 16.7. The summed E-state index contributed by atoms with van der Waals surface area (Å²) in [6.45, 7) is 7.66. The Bertz CT molecular complexity index is 1240. The van der Waals surface area contributed by atoms with Crippen molar-refractivity contribution in [3.8, 4) is 17.2 Å². The number of morpholine rings is 1. The van der Waals surface area contributed by atoms with E-state index >= 15 is 0 Å². The Kier molecular flexibility index (Phi) is 5.59. The topological polar surface area (TPSA) is 94.1 Å². The number of imidazole rings is 1. The Hall–Kier alpha value is -3.30. The zero-order chi connectivity index (χ0) is 22.1. The number of rotatable bonds is 6. The van der Waals surface area contributed by atoms with Gasteiger partial charge in [0.1, 0.15) is 5.82 Å². The van der Waals surface area contributed by atoms with E-state index in [1.807, 2.05) is 22.9 Å². The van der Waals surface area contributed by atoms with Crippen LogP contribution in [0.4, 0.5) is 5.82 Å². The fourth-order valence-corrected chi connectivity index (χ4v) is 4.14. The van der Waals surface area contributed by atoms with Crippen LogP contribution >= 0.6 is 0 Å². The zero-order valence-corrected chi connectivity index (χ0v) is 18.4. The molecule has 0 bridgehead atoms. The maximum Gasteiger partial charge on any atom is 0.254 e. The number of ether oxygens (including phenoxy) is 1. The maximum absolute atomic E-state index is 9.52. The van der Waals surface area contributed by atoms with Gasteiger partial charge < -0.3 is 19.3 Å². The van der Waals surface area contributed by atoms with Gasteiger partial charge in [-0.15, -0.1) is 0 Å². The van der Waals surface area contributed by atoms with Crippen LogP contribution in [-0.2, 0) is 17.7 Å². The molecule has 1 aliphatic rings. The molecule has 32 heavy (non-hydrogen) atoms. The molecule has 0 saturated carbocycles. The van der Waals surface area contributed by atoms with Gasteiger partial charge in [-0.3, -0.25) is 0 Å². The van der Waals surface area contributed by atoms with Crippen molar-refractivity contribution in [3.63, 3.8) is 0 Å². The van der Waals surface area contributed by atoms with E-state index in [0.29, 0.717) is 32.1 Å². The zero-order valence-electron chi connectivity index (χ0n) is 18.4. The highest BCUT2D eigenvalue weighted by Crippen LogP contribution is 2.27. The van der Waals surface area contributed by atoms with Gasteiger partial charge in [-0.2, -0.15) is 15.1 Å². The van der Waals surface area contributed by atoms with E-state index in [-0.39, 0.29) is 6.61 Å². The Morgan fingerprint density at radius 1 is 1.09 bits per heavy atom. The SMILES string of the molecule is CCn1c(CCO)nc2c(N3CCOCC3)nc(-n3ccc(-c4cccc(C)c4)n3)nc21. The van der Waals surface area contributed by atoms with Gasteiger partial charge in [0.2, 0.25) is 0 Å². The molecule has 9 nitrogen and oxygen atoms in total. The van der Waals surface area contributed by atoms with Crippen LogP contribution in [0.25, 0.3) is 28.4 Å². The van der Waals surface area contributed by atoms with E-state index < -0.39 is 0 Å². The Morgan fingerprint density at radius 3 is 2.69 bits per heavy atom. The summed E-state index contributed by atoms with van der Waals surface area (Å²) in [5.41, 5.74) is 4.63. The van der Waals surface area contributed by atoms with E-state index in [0.717, 1.165) is 47.2 Å². The Labute approximate surface area is 186 Å². The number of aryl methyl sites for hydroxylation is 2. The molecule has 0 spiro atoms. The van der Waals surface area contributed by atoms with E-state index in [2.05, 4.69) is 36.9 Å². The molecule has 4 heterocycles. The molecule has 4 aromatic rings. The highest BCUT2D eigenvalue weighted by atomic mass is 16.5. The Morgan fingerprint density at radius 2 is 1.94 bits per heavy atom. The lowest BCUT2D eigenvalue weighted by Gasteiger charge is -2.28. The second kappa shape index (κ2) is 8.68. The molecule has 0 unspecified atom stereocenters. The number of aliphatic hydroxyl groups is 1. The van der Waals surface area contributed by atoms with Gasteiger partial charge in [-0.05, 0) is 26.0 Å². The molecule has 0 amide bonds. The monoisotopic (exact) mass is 433 g/mol. The first-order valence-electron chi connectivity index (χ1n) is 11.0. The van der Waals surface area contributed by atoms with Crippen molar-refractivity contribution in [2.24, 2.45) is 0 Å². The third kappa shape index (κ3) is 3.74. The summed E-state index contributed by atoms with van der Waals surface area (Å²) in [7, 11) is 0. The number of aliphatic hydroxyl groups excluding tert-OH is 1. The van der Waals surface area contributed by atoms with Crippen molar-refractivity contribution in [2.45, 2.75) is 26.8 Å². The van der Waals surface area contributed by atoms with Crippen LogP contribution in [0.2, 0.25) is 0 Å². The second-order valence-corrected chi connectivity index (χ2v) is 7.88. The van der Waals surface area contributed by atoms with E-state index in [9.17, 15) is 5.11 Å². The standard InChI is InChI=1S/C23H27N7O2/c1-3-29-19(8-12-31)24-20-21(28-10-13-32-14-11-28)25-23(26-22(20)29)30-9-7-18(27-30)17-6-4-5-16(2)15-17/h4-7,9,15,31H,3,8,10-14H2,1-2H3. The summed E-state index contributed by atoms with van der Waals surface area (Å²) in [6, 6.07) is 10.2. The first-order chi connectivity index (χ1) is 15.7. The smallest absolute Gasteiger partial charge is 0.254 e. The van der Waals surface area contributed by atoms with E-state index in [1.165, 1.54) is 5.56 Å². The molecule has 1 saturated heterocycles. The molecule has 0 aliphatic carbocycles. The first kappa shape index (κ1) is 20.6. The Balaban J connectivity index is 1.64. The molecule has 1 aromatic carbocycles. The molecule has 0 atom stereocenters. The van der Waals surface area contributed by atoms with Crippen molar-refractivity contribution in [2.75, 3.05) is 37.8 Å². The summed E-state index contributed by atoms with van der Waals surface area (Å²) >= 11 is 0. The summed E-state index contributed by atoms with van der Waals surface area (Å²) in [6.07, 6.45) is 2.37. The molecular weight excluding hydrogens is 406 g/mol.